The van der Waals surface area contributed by atoms with Crippen molar-refractivity contribution in [2.75, 3.05) is 26.5 Å². The van der Waals surface area contributed by atoms with Crippen molar-refractivity contribution >= 4 is 21.8 Å². The van der Waals surface area contributed by atoms with Crippen LogP contribution in [0.2, 0.25) is 0 Å². The SMILES string of the molecule is CN(C)CCn1ccc2nc3ccn(N)c(=O)c3cc2c1=O. The maximum absolute atomic E-state index is 12.5. The van der Waals surface area contributed by atoms with Gasteiger partial charge in [0.25, 0.3) is 11.1 Å². The summed E-state index contributed by atoms with van der Waals surface area (Å²) in [5, 5.41) is 0.775. The van der Waals surface area contributed by atoms with Gasteiger partial charge in [-0.1, -0.05) is 0 Å². The van der Waals surface area contributed by atoms with E-state index in [2.05, 4.69) is 4.98 Å². The maximum atomic E-state index is 12.5. The fraction of sp³-hybridized carbons (Fsp3) is 0.267. The van der Waals surface area contributed by atoms with E-state index in [0.29, 0.717) is 28.4 Å². The Kier molecular flexibility index (Phi) is 3.42. The number of rotatable bonds is 3. The van der Waals surface area contributed by atoms with Gasteiger partial charge in [-0.15, -0.1) is 0 Å². The Morgan fingerprint density at radius 1 is 1.09 bits per heavy atom. The lowest BCUT2D eigenvalue weighted by Crippen LogP contribution is -2.28. The third-order valence-electron chi connectivity index (χ3n) is 3.63. The molecule has 0 spiro atoms. The minimum absolute atomic E-state index is 0.152. The van der Waals surface area contributed by atoms with E-state index in [-0.39, 0.29) is 11.1 Å². The molecular formula is C15H17N5O2. The van der Waals surface area contributed by atoms with E-state index < -0.39 is 0 Å². The monoisotopic (exact) mass is 299 g/mol. The molecular weight excluding hydrogens is 282 g/mol. The number of nitrogens with zero attached hydrogens (tertiary/aromatic N) is 4. The zero-order chi connectivity index (χ0) is 15.9. The van der Waals surface area contributed by atoms with E-state index in [9.17, 15) is 9.59 Å². The molecule has 2 N–H and O–H groups in total. The summed E-state index contributed by atoms with van der Waals surface area (Å²) in [5.74, 6) is 5.57. The predicted molar refractivity (Wildman–Crippen MR) is 86.5 cm³/mol. The van der Waals surface area contributed by atoms with E-state index in [1.54, 1.807) is 29.0 Å². The van der Waals surface area contributed by atoms with E-state index in [1.165, 1.54) is 6.20 Å². The zero-order valence-corrected chi connectivity index (χ0v) is 12.5. The molecule has 3 aromatic heterocycles. The minimum atomic E-state index is -0.366. The van der Waals surface area contributed by atoms with Gasteiger partial charge < -0.3 is 15.3 Å². The van der Waals surface area contributed by atoms with Crippen molar-refractivity contribution < 1.29 is 0 Å². The number of hydrogen-bond donors (Lipinski definition) is 1. The highest BCUT2D eigenvalue weighted by molar-refractivity contribution is 5.91. The molecule has 0 fully saturated rings. The van der Waals surface area contributed by atoms with Crippen molar-refractivity contribution in [1.29, 1.82) is 0 Å². The molecule has 0 saturated heterocycles. The van der Waals surface area contributed by atoms with Crippen molar-refractivity contribution in [3.8, 4) is 0 Å². The summed E-state index contributed by atoms with van der Waals surface area (Å²) in [6, 6.07) is 5.03. The van der Waals surface area contributed by atoms with Crippen LogP contribution >= 0.6 is 0 Å². The number of hydrogen-bond acceptors (Lipinski definition) is 5. The smallest absolute Gasteiger partial charge is 0.278 e. The summed E-state index contributed by atoms with van der Waals surface area (Å²) < 4.78 is 2.61. The van der Waals surface area contributed by atoms with Crippen LogP contribution in [0.4, 0.5) is 0 Å². The van der Waals surface area contributed by atoms with Crippen molar-refractivity contribution in [2.24, 2.45) is 0 Å². The molecule has 3 aromatic rings. The van der Waals surface area contributed by atoms with E-state index in [0.717, 1.165) is 11.2 Å². The standard InChI is InChI=1S/C15H17N5O2/c1-18(2)7-8-19-5-3-12-10(14(19)21)9-11-13(17-12)4-6-20(16)15(11)22/h3-6,9H,7-8,16H2,1-2H3. The molecule has 0 atom stereocenters. The molecule has 3 heterocycles. The molecule has 0 saturated carbocycles. The molecule has 0 amide bonds. The molecule has 3 rings (SSSR count). The Morgan fingerprint density at radius 2 is 1.73 bits per heavy atom. The first kappa shape index (κ1) is 14.3. The second-order valence-corrected chi connectivity index (χ2v) is 5.50. The highest BCUT2D eigenvalue weighted by Crippen LogP contribution is 2.13. The lowest BCUT2D eigenvalue weighted by atomic mass is 10.2. The highest BCUT2D eigenvalue weighted by Gasteiger charge is 2.09. The van der Waals surface area contributed by atoms with Crippen molar-refractivity contribution in [3.63, 3.8) is 0 Å². The molecule has 7 heteroatoms. The van der Waals surface area contributed by atoms with Crippen LogP contribution in [0.25, 0.3) is 21.8 Å². The van der Waals surface area contributed by atoms with Crippen LogP contribution in [-0.4, -0.2) is 39.8 Å². The van der Waals surface area contributed by atoms with E-state index in [1.807, 2.05) is 19.0 Å². The Morgan fingerprint density at radius 3 is 2.41 bits per heavy atom. The Hall–Kier alpha value is -2.67. The number of pyridine rings is 3. The fourth-order valence-corrected chi connectivity index (χ4v) is 2.36. The molecule has 0 aromatic carbocycles. The number of likely N-dealkylation sites (N-methyl/N-ethyl adjacent to an activating group) is 1. The number of aromatic nitrogens is 3. The van der Waals surface area contributed by atoms with Gasteiger partial charge in [-0.2, -0.15) is 0 Å². The second kappa shape index (κ2) is 5.27. The van der Waals surface area contributed by atoms with Crippen molar-refractivity contribution in [2.45, 2.75) is 6.54 Å². The third-order valence-corrected chi connectivity index (χ3v) is 3.63. The first-order chi connectivity index (χ1) is 10.5. The minimum Gasteiger partial charge on any atom is -0.336 e. The second-order valence-electron chi connectivity index (χ2n) is 5.50. The van der Waals surface area contributed by atoms with Gasteiger partial charge in [-0.05, 0) is 32.3 Å². The van der Waals surface area contributed by atoms with Gasteiger partial charge in [-0.25, -0.2) is 9.66 Å². The average molecular weight is 299 g/mol. The normalized spacial score (nSPS) is 11.6. The molecule has 7 nitrogen and oxygen atoms in total. The first-order valence-corrected chi connectivity index (χ1v) is 6.93. The zero-order valence-electron chi connectivity index (χ0n) is 12.5. The molecule has 0 bridgehead atoms. The maximum Gasteiger partial charge on any atom is 0.278 e. The summed E-state index contributed by atoms with van der Waals surface area (Å²) in [6.45, 7) is 1.33. The third kappa shape index (κ3) is 2.35. The lowest BCUT2D eigenvalue weighted by molar-refractivity contribution is 0.381. The molecule has 0 aliphatic heterocycles. The van der Waals surface area contributed by atoms with Crippen LogP contribution in [0.15, 0.2) is 40.2 Å². The quantitative estimate of drug-likeness (QED) is 0.543. The summed E-state index contributed by atoms with van der Waals surface area (Å²) in [6.07, 6.45) is 3.19. The van der Waals surface area contributed by atoms with Gasteiger partial charge in [0, 0.05) is 25.5 Å². The van der Waals surface area contributed by atoms with Crippen LogP contribution in [0, 0.1) is 0 Å². The molecule has 0 aliphatic carbocycles. The van der Waals surface area contributed by atoms with Crippen LogP contribution in [0.5, 0.6) is 0 Å². The number of nitrogen functional groups attached to an aromatic ring is 1. The van der Waals surface area contributed by atoms with Crippen LogP contribution in [-0.2, 0) is 6.54 Å². The Bertz CT molecular complexity index is 971. The van der Waals surface area contributed by atoms with Crippen LogP contribution in [0.3, 0.4) is 0 Å². The fourth-order valence-electron chi connectivity index (χ4n) is 2.36. The van der Waals surface area contributed by atoms with Gasteiger partial charge in [0.05, 0.1) is 21.8 Å². The van der Waals surface area contributed by atoms with E-state index >= 15 is 0 Å². The van der Waals surface area contributed by atoms with Gasteiger partial charge in [0.2, 0.25) is 0 Å². The summed E-state index contributed by atoms with van der Waals surface area (Å²) in [7, 11) is 3.90. The van der Waals surface area contributed by atoms with Crippen molar-refractivity contribution in [1.82, 2.24) is 19.1 Å². The average Bonchev–Trinajstić information content (AvgIpc) is 2.49. The Labute approximate surface area is 126 Å². The molecule has 0 radical (unpaired) electrons. The molecule has 114 valence electrons. The first-order valence-electron chi connectivity index (χ1n) is 6.93. The summed E-state index contributed by atoms with van der Waals surface area (Å²) in [4.78, 5) is 31.0. The predicted octanol–water partition coefficient (Wildman–Crippen LogP) is -0.0132. The van der Waals surface area contributed by atoms with E-state index in [4.69, 9.17) is 5.84 Å². The molecule has 22 heavy (non-hydrogen) atoms. The summed E-state index contributed by atoms with van der Waals surface area (Å²) >= 11 is 0. The molecule has 0 aliphatic rings. The largest absolute Gasteiger partial charge is 0.336 e. The lowest BCUT2D eigenvalue weighted by Gasteiger charge is -2.12. The van der Waals surface area contributed by atoms with Gasteiger partial charge >= 0.3 is 0 Å². The number of nitrogens with two attached hydrogens (primary N) is 1. The van der Waals surface area contributed by atoms with Gasteiger partial charge in [0.1, 0.15) is 0 Å². The Balaban J connectivity index is 2.25. The topological polar surface area (TPSA) is 86.2 Å². The number of fused-ring (bicyclic) bond motifs is 2. The van der Waals surface area contributed by atoms with Crippen LogP contribution in [0.1, 0.15) is 0 Å². The van der Waals surface area contributed by atoms with Crippen LogP contribution < -0.4 is 17.0 Å². The van der Waals surface area contributed by atoms with Gasteiger partial charge in [0.15, 0.2) is 0 Å². The highest BCUT2D eigenvalue weighted by atomic mass is 16.1. The summed E-state index contributed by atoms with van der Waals surface area (Å²) in [5.41, 5.74) is 0.591. The molecule has 0 unspecified atom stereocenters. The van der Waals surface area contributed by atoms with Crippen molar-refractivity contribution in [3.05, 3.63) is 51.3 Å². The van der Waals surface area contributed by atoms with Gasteiger partial charge in [-0.3, -0.25) is 9.59 Å².